The van der Waals surface area contributed by atoms with Gasteiger partial charge in [0.2, 0.25) is 0 Å². The SMILES string of the molecule is CCC1[N-]c2ccccc2N1c1ccc(-n2c3ccccc3c3oc4c(c32)C(c2ccccc2)Nc2ccccc2-4)cc1. The number of hydrogen-bond donors (Lipinski definition) is 1. The molecular weight excluding hydrogens is 528 g/mol. The van der Waals surface area contributed by atoms with Gasteiger partial charge in [-0.3, -0.25) is 0 Å². The number of nitrogens with zero attached hydrogens (tertiary/aromatic N) is 3. The molecule has 1 N–H and O–H groups in total. The van der Waals surface area contributed by atoms with Gasteiger partial charge in [-0.1, -0.05) is 86.1 Å². The summed E-state index contributed by atoms with van der Waals surface area (Å²) in [7, 11) is 0. The summed E-state index contributed by atoms with van der Waals surface area (Å²) in [6, 6.07) is 45.0. The number of para-hydroxylation sites is 4. The van der Waals surface area contributed by atoms with E-state index in [4.69, 9.17) is 9.73 Å². The standard InChI is InChI=1S/C38H29N4O/c1-2-33-39-30-17-9-11-19-32(30)41(33)25-20-22-26(23-21-25)42-31-18-10-7-15-28(31)38-36(42)34-35(24-12-4-3-5-13-24)40-29-16-8-6-14-27(29)37(34)43-38/h3-23,33,35,40H,2H2,1H3/q-1. The molecule has 2 aliphatic rings. The molecule has 0 fully saturated rings. The molecule has 0 radical (unpaired) electrons. The molecular formula is C38H29N4O-. The Morgan fingerprint density at radius 2 is 1.47 bits per heavy atom. The Morgan fingerprint density at radius 1 is 0.744 bits per heavy atom. The van der Waals surface area contributed by atoms with Crippen molar-refractivity contribution in [3.05, 3.63) is 144 Å². The Hall–Kier alpha value is -5.42. The molecule has 0 bridgehead atoms. The number of aromatic nitrogens is 1. The topological polar surface area (TPSA) is 47.4 Å². The van der Waals surface area contributed by atoms with E-state index in [2.05, 4.69) is 149 Å². The normalized spacial score (nSPS) is 16.9. The minimum atomic E-state index is -0.0530. The fraction of sp³-hybridized carbons (Fsp3) is 0.105. The van der Waals surface area contributed by atoms with Crippen LogP contribution in [-0.4, -0.2) is 10.7 Å². The molecule has 0 spiro atoms. The van der Waals surface area contributed by atoms with Crippen LogP contribution in [0.3, 0.4) is 0 Å². The Balaban J connectivity index is 1.27. The Bertz CT molecular complexity index is 2140. The fourth-order valence-corrected chi connectivity index (χ4v) is 6.99. The van der Waals surface area contributed by atoms with Crippen LogP contribution in [0.15, 0.2) is 132 Å². The molecule has 2 aromatic heterocycles. The van der Waals surface area contributed by atoms with Crippen LogP contribution in [0.25, 0.3) is 44.3 Å². The van der Waals surface area contributed by atoms with Gasteiger partial charge in [-0.15, -0.1) is 5.69 Å². The summed E-state index contributed by atoms with van der Waals surface area (Å²) >= 11 is 0. The van der Waals surface area contributed by atoms with E-state index >= 15 is 0 Å². The summed E-state index contributed by atoms with van der Waals surface area (Å²) in [5, 5.41) is 9.94. The Morgan fingerprint density at radius 3 is 2.33 bits per heavy atom. The predicted molar refractivity (Wildman–Crippen MR) is 176 cm³/mol. The first-order valence-corrected chi connectivity index (χ1v) is 15.0. The lowest BCUT2D eigenvalue weighted by atomic mass is 9.91. The summed E-state index contributed by atoms with van der Waals surface area (Å²) in [5.74, 6) is 0.936. The van der Waals surface area contributed by atoms with E-state index in [9.17, 15) is 0 Å². The number of benzene rings is 5. The molecule has 2 atom stereocenters. The van der Waals surface area contributed by atoms with Crippen LogP contribution < -0.4 is 10.2 Å². The molecule has 5 nitrogen and oxygen atoms in total. The quantitative estimate of drug-likeness (QED) is 0.234. The molecule has 0 aliphatic carbocycles. The van der Waals surface area contributed by atoms with Crippen molar-refractivity contribution in [2.24, 2.45) is 0 Å². The zero-order valence-corrected chi connectivity index (χ0v) is 23.7. The van der Waals surface area contributed by atoms with E-state index in [-0.39, 0.29) is 12.2 Å². The zero-order chi connectivity index (χ0) is 28.5. The highest BCUT2D eigenvalue weighted by Crippen LogP contribution is 2.51. The van der Waals surface area contributed by atoms with Gasteiger partial charge >= 0.3 is 0 Å². The summed E-state index contributed by atoms with van der Waals surface area (Å²) in [4.78, 5) is 2.36. The highest BCUT2D eigenvalue weighted by molar-refractivity contribution is 6.10. The van der Waals surface area contributed by atoms with Crippen LogP contribution in [0.5, 0.6) is 0 Å². The van der Waals surface area contributed by atoms with Crippen LogP contribution in [-0.2, 0) is 0 Å². The highest BCUT2D eigenvalue weighted by Gasteiger charge is 2.34. The van der Waals surface area contributed by atoms with Gasteiger partial charge in [0.1, 0.15) is 5.76 Å². The van der Waals surface area contributed by atoms with E-state index in [0.29, 0.717) is 0 Å². The average Bonchev–Trinajstić information content (AvgIpc) is 3.74. The Labute approximate surface area is 250 Å². The number of hydrogen-bond acceptors (Lipinski definition) is 3. The molecule has 0 saturated heterocycles. The molecule has 0 saturated carbocycles. The molecule has 9 rings (SSSR count). The van der Waals surface area contributed by atoms with Gasteiger partial charge < -0.3 is 24.5 Å². The van der Waals surface area contributed by atoms with Gasteiger partial charge in [-0.2, -0.15) is 0 Å². The molecule has 5 aromatic carbocycles. The van der Waals surface area contributed by atoms with Crippen molar-refractivity contribution in [2.75, 3.05) is 10.2 Å². The first-order valence-electron chi connectivity index (χ1n) is 15.0. The zero-order valence-electron chi connectivity index (χ0n) is 23.7. The van der Waals surface area contributed by atoms with E-state index in [1.807, 2.05) is 0 Å². The lowest BCUT2D eigenvalue weighted by molar-refractivity contribution is 0.626. The summed E-state index contributed by atoms with van der Waals surface area (Å²) < 4.78 is 9.25. The van der Waals surface area contributed by atoms with Crippen molar-refractivity contribution >= 4 is 44.8 Å². The van der Waals surface area contributed by atoms with Gasteiger partial charge in [0.05, 0.1) is 22.6 Å². The van der Waals surface area contributed by atoms with Crippen molar-refractivity contribution in [2.45, 2.75) is 25.6 Å². The van der Waals surface area contributed by atoms with Crippen molar-refractivity contribution in [1.29, 1.82) is 0 Å². The molecule has 7 aromatic rings. The molecule has 5 heteroatoms. The minimum absolute atomic E-state index is 0.0530. The number of nitrogens with one attached hydrogen (secondary N) is 1. The molecule has 0 amide bonds. The minimum Gasteiger partial charge on any atom is -0.663 e. The smallest absolute Gasteiger partial charge is 0.161 e. The van der Waals surface area contributed by atoms with Crippen LogP contribution >= 0.6 is 0 Å². The lowest BCUT2D eigenvalue weighted by Gasteiger charge is -2.34. The molecule has 208 valence electrons. The molecule has 2 unspecified atom stereocenters. The number of fused-ring (bicyclic) bond motifs is 8. The van der Waals surface area contributed by atoms with E-state index < -0.39 is 0 Å². The molecule has 2 aliphatic heterocycles. The second kappa shape index (κ2) is 9.30. The van der Waals surface area contributed by atoms with Gasteiger partial charge in [0.15, 0.2) is 5.58 Å². The third-order valence-corrected chi connectivity index (χ3v) is 8.90. The maximum atomic E-state index is 6.88. The van der Waals surface area contributed by atoms with Gasteiger partial charge in [-0.05, 0) is 66.3 Å². The molecule has 43 heavy (non-hydrogen) atoms. The monoisotopic (exact) mass is 557 g/mol. The number of rotatable bonds is 4. The summed E-state index contributed by atoms with van der Waals surface area (Å²) in [5.41, 5.74) is 12.2. The van der Waals surface area contributed by atoms with Crippen molar-refractivity contribution in [3.63, 3.8) is 0 Å². The second-order valence-electron chi connectivity index (χ2n) is 11.3. The summed E-state index contributed by atoms with van der Waals surface area (Å²) in [6.07, 6.45) is 1.04. The highest BCUT2D eigenvalue weighted by atomic mass is 16.3. The van der Waals surface area contributed by atoms with Crippen molar-refractivity contribution in [3.8, 4) is 17.0 Å². The van der Waals surface area contributed by atoms with E-state index in [1.165, 1.54) is 11.1 Å². The first kappa shape index (κ1) is 24.2. The van der Waals surface area contributed by atoms with Crippen LogP contribution in [0.2, 0.25) is 0 Å². The fourth-order valence-electron chi connectivity index (χ4n) is 6.99. The van der Waals surface area contributed by atoms with Crippen LogP contribution in [0.1, 0.15) is 30.5 Å². The first-order chi connectivity index (χ1) is 21.3. The van der Waals surface area contributed by atoms with E-state index in [0.717, 1.165) is 68.2 Å². The van der Waals surface area contributed by atoms with Gasteiger partial charge in [0.25, 0.3) is 0 Å². The Kier molecular flexibility index (Phi) is 5.23. The maximum absolute atomic E-state index is 6.88. The van der Waals surface area contributed by atoms with Gasteiger partial charge in [-0.25, -0.2) is 0 Å². The van der Waals surface area contributed by atoms with Crippen molar-refractivity contribution in [1.82, 2.24) is 4.57 Å². The molecule has 4 heterocycles. The lowest BCUT2D eigenvalue weighted by Crippen LogP contribution is -2.24. The number of anilines is 3. The van der Waals surface area contributed by atoms with Gasteiger partial charge in [0, 0.05) is 33.7 Å². The summed E-state index contributed by atoms with van der Waals surface area (Å²) in [6.45, 7) is 2.20. The average molecular weight is 558 g/mol. The second-order valence-corrected chi connectivity index (χ2v) is 11.3. The third-order valence-electron chi connectivity index (χ3n) is 8.90. The van der Waals surface area contributed by atoms with Crippen LogP contribution in [0.4, 0.5) is 22.7 Å². The number of furan rings is 1. The third kappa shape index (κ3) is 3.51. The van der Waals surface area contributed by atoms with E-state index in [1.54, 1.807) is 0 Å². The van der Waals surface area contributed by atoms with Crippen molar-refractivity contribution < 1.29 is 4.42 Å². The predicted octanol–water partition coefficient (Wildman–Crippen LogP) is 10.5. The van der Waals surface area contributed by atoms with Crippen LogP contribution in [0, 0.1) is 0 Å². The maximum Gasteiger partial charge on any atom is 0.161 e. The largest absolute Gasteiger partial charge is 0.663 e.